The number of nitrogens with zero attached hydrogens (tertiary/aromatic N) is 1. The molecule has 2 heteroatoms. The molecule has 0 radical (unpaired) electrons. The molecule has 3 aliphatic carbocycles. The van der Waals surface area contributed by atoms with Gasteiger partial charge in [-0.3, -0.25) is 0 Å². The zero-order chi connectivity index (χ0) is 47.7. The summed E-state index contributed by atoms with van der Waals surface area (Å²) in [5.74, 6) is 0. The molecule has 12 aromatic rings. The number of rotatable bonds is 6. The Morgan fingerprint density at radius 3 is 1.42 bits per heavy atom. The fourth-order valence-electron chi connectivity index (χ4n) is 13.0. The molecule has 1 spiro atoms. The molecule has 0 atom stereocenters. The van der Waals surface area contributed by atoms with E-state index in [1.165, 1.54) is 83.5 Å². The summed E-state index contributed by atoms with van der Waals surface area (Å²) in [4.78, 5) is 2.41. The summed E-state index contributed by atoms with van der Waals surface area (Å²) >= 11 is 0. The van der Waals surface area contributed by atoms with Crippen molar-refractivity contribution in [2.75, 3.05) is 4.90 Å². The summed E-state index contributed by atoms with van der Waals surface area (Å²) in [5, 5.41) is 2.22. The molecule has 1 aromatic heterocycles. The van der Waals surface area contributed by atoms with Gasteiger partial charge < -0.3 is 9.32 Å². The maximum Gasteiger partial charge on any atom is 0.143 e. The van der Waals surface area contributed by atoms with Crippen LogP contribution in [-0.2, 0) is 10.8 Å². The van der Waals surface area contributed by atoms with E-state index < -0.39 is 5.41 Å². The van der Waals surface area contributed by atoms with E-state index >= 15 is 0 Å². The standard InChI is InChI=1S/C70H47NO/c1-69(2)61-23-11-6-18-52(61)56-39-37-51(43-65(56)69)71(49-33-28-45(29-34-49)44-16-4-3-5-17-44)50-35-30-46(31-36-50)59-40-48(41-60-58-22-10-15-27-67(58)72-68(59)60)47-32-38-57-55-21-9-14-26-64(55)70(66(57)42-47)62-24-12-7-19-53(62)54-20-8-13-25-63(54)70/h3-43H,1-2H3. The lowest BCUT2D eigenvalue weighted by Gasteiger charge is -2.30. The van der Waals surface area contributed by atoms with E-state index in [0.717, 1.165) is 55.7 Å². The molecule has 2 nitrogen and oxygen atoms in total. The fourth-order valence-corrected chi connectivity index (χ4v) is 13.0. The van der Waals surface area contributed by atoms with Gasteiger partial charge >= 0.3 is 0 Å². The van der Waals surface area contributed by atoms with Gasteiger partial charge in [-0.05, 0) is 155 Å². The molecule has 72 heavy (non-hydrogen) atoms. The Kier molecular flexibility index (Phi) is 8.66. The van der Waals surface area contributed by atoms with Gasteiger partial charge in [0, 0.05) is 38.8 Å². The molecular formula is C70H47NO. The number of para-hydroxylation sites is 1. The molecule has 0 N–H and O–H groups in total. The number of hydrogen-bond acceptors (Lipinski definition) is 2. The second-order valence-corrected chi connectivity index (χ2v) is 20.3. The van der Waals surface area contributed by atoms with E-state index in [1.54, 1.807) is 0 Å². The SMILES string of the molecule is CC1(C)c2ccccc2-c2ccc(N(c3ccc(-c4ccccc4)cc3)c3ccc(-c4cc(-c5ccc6c(c5)C5(c7ccccc7-c7ccccc75)c5ccccc5-6)cc5c4oc4ccccc45)cc3)cc21. The van der Waals surface area contributed by atoms with Crippen molar-refractivity contribution in [3.8, 4) is 66.8 Å². The average molecular weight is 918 g/mol. The number of furan rings is 1. The third kappa shape index (κ3) is 5.72. The second kappa shape index (κ2) is 15.3. The van der Waals surface area contributed by atoms with Crippen LogP contribution in [0.15, 0.2) is 253 Å². The minimum Gasteiger partial charge on any atom is -0.455 e. The second-order valence-electron chi connectivity index (χ2n) is 20.3. The maximum absolute atomic E-state index is 6.84. The highest BCUT2D eigenvalue weighted by molar-refractivity contribution is 6.11. The van der Waals surface area contributed by atoms with E-state index in [0.29, 0.717) is 0 Å². The molecule has 0 saturated heterocycles. The first-order chi connectivity index (χ1) is 35.4. The van der Waals surface area contributed by atoms with E-state index in [4.69, 9.17) is 4.42 Å². The summed E-state index contributed by atoms with van der Waals surface area (Å²) in [7, 11) is 0. The number of benzene rings is 11. The highest BCUT2D eigenvalue weighted by Crippen LogP contribution is 2.63. The molecule has 338 valence electrons. The van der Waals surface area contributed by atoms with Gasteiger partial charge in [0.1, 0.15) is 11.2 Å². The molecule has 0 aliphatic heterocycles. The predicted octanol–water partition coefficient (Wildman–Crippen LogP) is 18.7. The van der Waals surface area contributed by atoms with Crippen LogP contribution < -0.4 is 4.90 Å². The molecule has 0 amide bonds. The van der Waals surface area contributed by atoms with Gasteiger partial charge in [0.2, 0.25) is 0 Å². The Bertz CT molecular complexity index is 4110. The Balaban J connectivity index is 0.886. The van der Waals surface area contributed by atoms with Gasteiger partial charge in [-0.15, -0.1) is 0 Å². The topological polar surface area (TPSA) is 16.4 Å². The van der Waals surface area contributed by atoms with Crippen LogP contribution in [0, 0.1) is 0 Å². The van der Waals surface area contributed by atoms with Crippen molar-refractivity contribution in [3.05, 3.63) is 282 Å². The number of fused-ring (bicyclic) bond motifs is 16. The van der Waals surface area contributed by atoms with Crippen LogP contribution in [-0.4, -0.2) is 0 Å². The summed E-state index contributed by atoms with van der Waals surface area (Å²) in [6.07, 6.45) is 0. The molecule has 15 rings (SSSR count). The van der Waals surface area contributed by atoms with Crippen LogP contribution >= 0.6 is 0 Å². The molecular weight excluding hydrogens is 871 g/mol. The van der Waals surface area contributed by atoms with Crippen LogP contribution in [0.4, 0.5) is 17.1 Å². The van der Waals surface area contributed by atoms with Crippen molar-refractivity contribution in [3.63, 3.8) is 0 Å². The van der Waals surface area contributed by atoms with Crippen molar-refractivity contribution in [2.24, 2.45) is 0 Å². The molecule has 0 bridgehead atoms. The lowest BCUT2D eigenvalue weighted by Crippen LogP contribution is -2.25. The highest BCUT2D eigenvalue weighted by Gasteiger charge is 2.51. The molecule has 0 saturated carbocycles. The van der Waals surface area contributed by atoms with Crippen molar-refractivity contribution < 1.29 is 4.42 Å². The predicted molar refractivity (Wildman–Crippen MR) is 299 cm³/mol. The van der Waals surface area contributed by atoms with E-state index in [9.17, 15) is 0 Å². The quantitative estimate of drug-likeness (QED) is 0.165. The molecule has 1 heterocycles. The van der Waals surface area contributed by atoms with E-state index in [1.807, 2.05) is 0 Å². The summed E-state index contributed by atoms with van der Waals surface area (Å²) in [6, 6.07) is 92.1. The van der Waals surface area contributed by atoms with E-state index in [2.05, 4.69) is 267 Å². The Hall–Kier alpha value is -8.98. The zero-order valence-corrected chi connectivity index (χ0v) is 40.0. The first-order valence-electron chi connectivity index (χ1n) is 25.2. The van der Waals surface area contributed by atoms with Crippen molar-refractivity contribution in [2.45, 2.75) is 24.7 Å². The van der Waals surface area contributed by atoms with Gasteiger partial charge in [-0.25, -0.2) is 0 Å². The van der Waals surface area contributed by atoms with Crippen molar-refractivity contribution in [1.29, 1.82) is 0 Å². The first-order valence-corrected chi connectivity index (χ1v) is 25.2. The zero-order valence-electron chi connectivity index (χ0n) is 40.0. The monoisotopic (exact) mass is 917 g/mol. The summed E-state index contributed by atoms with van der Waals surface area (Å²) in [6.45, 7) is 4.71. The molecule has 0 unspecified atom stereocenters. The Labute approximate surface area is 419 Å². The van der Waals surface area contributed by atoms with Gasteiger partial charge in [0.25, 0.3) is 0 Å². The number of hydrogen-bond donors (Lipinski definition) is 0. The fraction of sp³-hybridized carbons (Fsp3) is 0.0571. The summed E-state index contributed by atoms with van der Waals surface area (Å²) < 4.78 is 6.84. The van der Waals surface area contributed by atoms with E-state index in [-0.39, 0.29) is 5.41 Å². The summed E-state index contributed by atoms with van der Waals surface area (Å²) in [5.41, 5.74) is 27.4. The number of anilines is 3. The minimum absolute atomic E-state index is 0.132. The van der Waals surface area contributed by atoms with Crippen LogP contribution in [0.2, 0.25) is 0 Å². The van der Waals surface area contributed by atoms with Crippen molar-refractivity contribution in [1.82, 2.24) is 0 Å². The third-order valence-electron chi connectivity index (χ3n) is 16.3. The van der Waals surface area contributed by atoms with Crippen LogP contribution in [0.5, 0.6) is 0 Å². The Morgan fingerprint density at radius 2 is 0.764 bits per heavy atom. The largest absolute Gasteiger partial charge is 0.455 e. The van der Waals surface area contributed by atoms with Gasteiger partial charge in [0.15, 0.2) is 0 Å². The maximum atomic E-state index is 6.84. The normalized spacial score (nSPS) is 13.9. The lowest BCUT2D eigenvalue weighted by atomic mass is 9.70. The highest BCUT2D eigenvalue weighted by atomic mass is 16.3. The van der Waals surface area contributed by atoms with Crippen molar-refractivity contribution >= 4 is 39.0 Å². The Morgan fingerprint density at radius 1 is 0.292 bits per heavy atom. The van der Waals surface area contributed by atoms with Crippen LogP contribution in [0.1, 0.15) is 47.2 Å². The molecule has 0 fully saturated rings. The van der Waals surface area contributed by atoms with Gasteiger partial charge in [-0.1, -0.05) is 202 Å². The molecule has 3 aliphatic rings. The third-order valence-corrected chi connectivity index (χ3v) is 16.3. The van der Waals surface area contributed by atoms with Gasteiger partial charge in [0.05, 0.1) is 5.41 Å². The van der Waals surface area contributed by atoms with Crippen LogP contribution in [0.3, 0.4) is 0 Å². The molecule has 11 aromatic carbocycles. The minimum atomic E-state index is -0.424. The van der Waals surface area contributed by atoms with Crippen LogP contribution in [0.25, 0.3) is 88.7 Å². The average Bonchev–Trinajstić information content (AvgIpc) is 4.14. The smallest absolute Gasteiger partial charge is 0.143 e. The van der Waals surface area contributed by atoms with Gasteiger partial charge in [-0.2, -0.15) is 0 Å². The lowest BCUT2D eigenvalue weighted by molar-refractivity contribution is 0.660. The first kappa shape index (κ1) is 40.9.